The third-order valence-electron chi connectivity index (χ3n) is 2.10. The molecule has 0 atom stereocenters. The largest absolute Gasteiger partial charge is 0.489 e. The molecular weight excluding hydrogens is 284 g/mol. The van der Waals surface area contributed by atoms with E-state index in [-0.39, 0.29) is 0 Å². The quantitative estimate of drug-likeness (QED) is 0.340. The summed E-state index contributed by atoms with van der Waals surface area (Å²) in [6, 6.07) is 10.1. The number of hydrogen-bond donors (Lipinski definition) is 0. The van der Waals surface area contributed by atoms with Crippen LogP contribution in [0.2, 0.25) is 0 Å². The summed E-state index contributed by atoms with van der Waals surface area (Å²) in [6.07, 6.45) is 8.94. The van der Waals surface area contributed by atoms with Crippen molar-refractivity contribution >= 4 is 6.29 Å². The van der Waals surface area contributed by atoms with Crippen molar-refractivity contribution in [1.29, 1.82) is 0 Å². The van der Waals surface area contributed by atoms with E-state index in [1.807, 2.05) is 90.1 Å². The van der Waals surface area contributed by atoms with Crippen LogP contribution in [0.4, 0.5) is 0 Å². The van der Waals surface area contributed by atoms with Gasteiger partial charge in [0.1, 0.15) is 18.7 Å². The lowest BCUT2D eigenvalue weighted by atomic mass is 10.2. The summed E-state index contributed by atoms with van der Waals surface area (Å²) in [5.74, 6) is 0.860. The molecule has 130 valence electrons. The van der Waals surface area contributed by atoms with E-state index in [0.717, 1.165) is 12.0 Å². The van der Waals surface area contributed by atoms with Crippen LogP contribution < -0.4 is 0 Å². The molecule has 1 rings (SSSR count). The molecule has 0 amide bonds. The van der Waals surface area contributed by atoms with Gasteiger partial charge in [0.2, 0.25) is 0 Å². The standard InChI is InChI=1S/C14H16O.C3H6O.2C2H6/c1-3-5-11-14(4-2)15-12-13-9-7-6-8-10-13;1-2-3-4;2*1-2/h3-11H,1,12H2,2H3;3H,2H2,1H3;2*1-2H3/b11-5-,14-4+;;;. The van der Waals surface area contributed by atoms with E-state index in [1.165, 1.54) is 5.56 Å². The van der Waals surface area contributed by atoms with E-state index in [9.17, 15) is 4.79 Å². The fourth-order valence-electron chi connectivity index (χ4n) is 1.13. The van der Waals surface area contributed by atoms with E-state index in [2.05, 4.69) is 6.58 Å². The minimum atomic E-state index is 0.599. The lowest BCUT2D eigenvalue weighted by Crippen LogP contribution is -1.90. The van der Waals surface area contributed by atoms with Crippen LogP contribution in [0.25, 0.3) is 0 Å². The number of carbonyl (C=O) groups excluding carboxylic acids is 1. The Bertz CT molecular complexity index is 403. The van der Waals surface area contributed by atoms with Gasteiger partial charge in [-0.1, -0.05) is 83.7 Å². The van der Waals surface area contributed by atoms with Gasteiger partial charge in [0.25, 0.3) is 0 Å². The van der Waals surface area contributed by atoms with Crippen molar-refractivity contribution in [3.05, 3.63) is 72.5 Å². The van der Waals surface area contributed by atoms with Gasteiger partial charge in [0.05, 0.1) is 0 Å². The van der Waals surface area contributed by atoms with Crippen molar-refractivity contribution in [2.24, 2.45) is 0 Å². The number of rotatable bonds is 6. The SMILES string of the molecule is C=C/C=C\C(=C/C)OCc1ccccc1.CC.CC.CCC=O. The minimum Gasteiger partial charge on any atom is -0.489 e. The monoisotopic (exact) mass is 318 g/mol. The van der Waals surface area contributed by atoms with E-state index >= 15 is 0 Å². The van der Waals surface area contributed by atoms with Gasteiger partial charge in [-0.2, -0.15) is 0 Å². The molecule has 0 saturated carbocycles. The summed E-state index contributed by atoms with van der Waals surface area (Å²) in [5.41, 5.74) is 1.17. The molecule has 23 heavy (non-hydrogen) atoms. The summed E-state index contributed by atoms with van der Waals surface area (Å²) >= 11 is 0. The second-order valence-electron chi connectivity index (χ2n) is 3.64. The van der Waals surface area contributed by atoms with Crippen LogP contribution in [0.5, 0.6) is 0 Å². The third kappa shape index (κ3) is 19.9. The molecule has 0 fully saturated rings. The highest BCUT2D eigenvalue weighted by Gasteiger charge is 1.93. The Morgan fingerprint density at radius 2 is 1.65 bits per heavy atom. The van der Waals surface area contributed by atoms with Gasteiger partial charge in [-0.25, -0.2) is 0 Å². The Kier molecular flexibility index (Phi) is 28.0. The molecule has 0 spiro atoms. The average molecular weight is 319 g/mol. The zero-order chi connectivity index (χ0) is 18.3. The first kappa shape index (κ1) is 25.8. The minimum absolute atomic E-state index is 0.599. The summed E-state index contributed by atoms with van der Waals surface area (Å²) in [5, 5.41) is 0. The second kappa shape index (κ2) is 24.9. The Morgan fingerprint density at radius 1 is 1.13 bits per heavy atom. The first-order chi connectivity index (χ1) is 11.3. The first-order valence-electron chi connectivity index (χ1n) is 8.34. The van der Waals surface area contributed by atoms with Crippen molar-refractivity contribution < 1.29 is 9.53 Å². The predicted octanol–water partition coefficient (Wildman–Crippen LogP) is 6.50. The molecule has 0 bridgehead atoms. The highest BCUT2D eigenvalue weighted by atomic mass is 16.5. The van der Waals surface area contributed by atoms with Gasteiger partial charge in [-0.3, -0.25) is 0 Å². The zero-order valence-corrected chi connectivity index (χ0v) is 15.7. The number of ether oxygens (including phenoxy) is 1. The van der Waals surface area contributed by atoms with Gasteiger partial charge in [-0.15, -0.1) is 0 Å². The Hall–Kier alpha value is -2.09. The maximum Gasteiger partial charge on any atom is 0.119 e. The molecule has 2 heteroatoms. The summed E-state index contributed by atoms with van der Waals surface area (Å²) in [6.45, 7) is 16.0. The highest BCUT2D eigenvalue weighted by molar-refractivity contribution is 5.48. The molecule has 0 aliphatic rings. The van der Waals surface area contributed by atoms with Crippen LogP contribution in [0.1, 0.15) is 53.5 Å². The van der Waals surface area contributed by atoms with Gasteiger partial charge in [0.15, 0.2) is 0 Å². The number of aldehydes is 1. The van der Waals surface area contributed by atoms with Crippen LogP contribution >= 0.6 is 0 Å². The van der Waals surface area contributed by atoms with E-state index < -0.39 is 0 Å². The fraction of sp³-hybridized carbons (Fsp3) is 0.381. The van der Waals surface area contributed by atoms with Crippen LogP contribution in [0.15, 0.2) is 67.0 Å². The van der Waals surface area contributed by atoms with Crippen molar-refractivity contribution in [3.8, 4) is 0 Å². The van der Waals surface area contributed by atoms with Crippen LogP contribution in [-0.4, -0.2) is 6.29 Å². The molecule has 0 aliphatic heterocycles. The van der Waals surface area contributed by atoms with E-state index in [1.54, 1.807) is 6.08 Å². The number of benzene rings is 1. The van der Waals surface area contributed by atoms with Gasteiger partial charge >= 0.3 is 0 Å². The average Bonchev–Trinajstić information content (AvgIpc) is 2.66. The topological polar surface area (TPSA) is 26.3 Å². The van der Waals surface area contributed by atoms with Crippen LogP contribution in [0.3, 0.4) is 0 Å². The summed E-state index contributed by atoms with van der Waals surface area (Å²) < 4.78 is 5.61. The molecule has 2 nitrogen and oxygen atoms in total. The maximum absolute atomic E-state index is 9.17. The normalized spacial score (nSPS) is 9.22. The molecule has 0 N–H and O–H groups in total. The molecule has 0 radical (unpaired) electrons. The Morgan fingerprint density at radius 3 is 2.04 bits per heavy atom. The Labute approximate surface area is 143 Å². The van der Waals surface area contributed by atoms with Gasteiger partial charge in [0, 0.05) is 6.42 Å². The van der Waals surface area contributed by atoms with E-state index in [4.69, 9.17) is 4.74 Å². The Balaban J connectivity index is -0.000000426. The first-order valence-corrected chi connectivity index (χ1v) is 8.34. The maximum atomic E-state index is 9.17. The molecule has 0 unspecified atom stereocenters. The van der Waals surface area contributed by atoms with Crippen molar-refractivity contribution in [2.45, 2.75) is 54.6 Å². The van der Waals surface area contributed by atoms with E-state index in [0.29, 0.717) is 13.0 Å². The zero-order valence-electron chi connectivity index (χ0n) is 15.7. The lowest BCUT2D eigenvalue weighted by molar-refractivity contribution is -0.107. The third-order valence-corrected chi connectivity index (χ3v) is 2.10. The predicted molar refractivity (Wildman–Crippen MR) is 103 cm³/mol. The molecule has 0 heterocycles. The highest BCUT2D eigenvalue weighted by Crippen LogP contribution is 2.06. The summed E-state index contributed by atoms with van der Waals surface area (Å²) in [4.78, 5) is 9.17. The van der Waals surface area contributed by atoms with Crippen molar-refractivity contribution in [2.75, 3.05) is 0 Å². The molecular formula is C21H34O2. The number of carbonyl (C=O) groups is 1. The summed E-state index contributed by atoms with van der Waals surface area (Å²) in [7, 11) is 0. The number of hydrogen-bond acceptors (Lipinski definition) is 2. The fourth-order valence-corrected chi connectivity index (χ4v) is 1.13. The number of allylic oxidation sites excluding steroid dienone is 4. The smallest absolute Gasteiger partial charge is 0.119 e. The van der Waals surface area contributed by atoms with Crippen LogP contribution in [0, 0.1) is 0 Å². The molecule has 0 saturated heterocycles. The van der Waals surface area contributed by atoms with Gasteiger partial charge in [-0.05, 0) is 24.6 Å². The lowest BCUT2D eigenvalue weighted by Gasteiger charge is -2.06. The van der Waals surface area contributed by atoms with Crippen LogP contribution in [-0.2, 0) is 16.1 Å². The van der Waals surface area contributed by atoms with Crippen molar-refractivity contribution in [1.82, 2.24) is 0 Å². The molecule has 0 aromatic heterocycles. The van der Waals surface area contributed by atoms with Gasteiger partial charge < -0.3 is 9.53 Å². The molecule has 0 aliphatic carbocycles. The molecule has 1 aromatic rings. The molecule has 1 aromatic carbocycles. The van der Waals surface area contributed by atoms with Crippen molar-refractivity contribution in [3.63, 3.8) is 0 Å². The second-order valence-corrected chi connectivity index (χ2v) is 3.64.